The molecule has 0 aliphatic carbocycles. The molecule has 1 aliphatic heterocycles. The molecule has 0 unspecified atom stereocenters. The Morgan fingerprint density at radius 2 is 1.78 bits per heavy atom. The Bertz CT molecular complexity index is 671. The van der Waals surface area contributed by atoms with Crippen LogP contribution in [0.3, 0.4) is 0 Å². The van der Waals surface area contributed by atoms with Crippen molar-refractivity contribution in [1.29, 1.82) is 0 Å². The van der Waals surface area contributed by atoms with Crippen molar-refractivity contribution in [1.82, 2.24) is 10.6 Å². The van der Waals surface area contributed by atoms with Gasteiger partial charge in [0.1, 0.15) is 0 Å². The maximum atomic E-state index is 11.9. The van der Waals surface area contributed by atoms with Gasteiger partial charge in [-0.25, -0.2) is 13.2 Å². The second-order valence-corrected chi connectivity index (χ2v) is 8.21. The minimum atomic E-state index is -2.96. The van der Waals surface area contributed by atoms with Crippen molar-refractivity contribution in [2.45, 2.75) is 19.9 Å². The van der Waals surface area contributed by atoms with Gasteiger partial charge in [-0.2, -0.15) is 0 Å². The van der Waals surface area contributed by atoms with E-state index in [0.717, 1.165) is 0 Å². The summed E-state index contributed by atoms with van der Waals surface area (Å²) in [7, 11) is -2.96. The predicted octanol–water partition coefficient (Wildman–Crippen LogP) is 0.991. The smallest absolute Gasteiger partial charge is 0.319 e. The molecule has 1 aliphatic rings. The van der Waals surface area contributed by atoms with Gasteiger partial charge in [0.05, 0.1) is 17.5 Å². The van der Waals surface area contributed by atoms with E-state index in [-0.39, 0.29) is 23.5 Å². The average molecular weight is 339 g/mol. The van der Waals surface area contributed by atoms with Crippen LogP contribution in [-0.2, 0) is 9.84 Å². The summed E-state index contributed by atoms with van der Waals surface area (Å²) in [6.45, 7) is 4.63. The maximum Gasteiger partial charge on any atom is 0.319 e. The van der Waals surface area contributed by atoms with Crippen LogP contribution in [0.5, 0.6) is 0 Å². The zero-order valence-corrected chi connectivity index (χ0v) is 13.9. The number of carbonyl (C=O) groups excluding carboxylic acids is 2. The molecule has 3 amide bonds. The Morgan fingerprint density at radius 3 is 2.30 bits per heavy atom. The molecule has 1 heterocycles. The van der Waals surface area contributed by atoms with Crippen molar-refractivity contribution in [2.75, 3.05) is 23.4 Å². The molecule has 0 atom stereocenters. The van der Waals surface area contributed by atoms with Crippen molar-refractivity contribution < 1.29 is 18.0 Å². The lowest BCUT2D eigenvalue weighted by Gasteiger charge is -2.26. The molecule has 0 aromatic heterocycles. The van der Waals surface area contributed by atoms with Gasteiger partial charge in [0.2, 0.25) is 0 Å². The first-order valence-electron chi connectivity index (χ1n) is 7.41. The van der Waals surface area contributed by atoms with Gasteiger partial charge in [-0.15, -0.1) is 0 Å². The number of rotatable bonds is 5. The van der Waals surface area contributed by atoms with Gasteiger partial charge >= 0.3 is 6.03 Å². The Morgan fingerprint density at radius 1 is 1.17 bits per heavy atom. The van der Waals surface area contributed by atoms with E-state index >= 15 is 0 Å². The number of carbonyl (C=O) groups is 2. The van der Waals surface area contributed by atoms with Crippen LogP contribution >= 0.6 is 0 Å². The fraction of sp³-hybridized carbons (Fsp3) is 0.467. The highest BCUT2D eigenvalue weighted by Crippen LogP contribution is 2.12. The van der Waals surface area contributed by atoms with E-state index < -0.39 is 15.9 Å². The lowest BCUT2D eigenvalue weighted by molar-refractivity contribution is 0.0949. The monoisotopic (exact) mass is 339 g/mol. The van der Waals surface area contributed by atoms with Gasteiger partial charge in [-0.3, -0.25) is 4.79 Å². The highest BCUT2D eigenvalue weighted by atomic mass is 32.2. The van der Waals surface area contributed by atoms with Crippen LogP contribution in [0, 0.1) is 5.92 Å². The molecule has 1 aromatic carbocycles. The summed E-state index contributed by atoms with van der Waals surface area (Å²) in [5, 5.41) is 8.00. The third-order valence-electron chi connectivity index (χ3n) is 3.32. The van der Waals surface area contributed by atoms with Crippen LogP contribution in [0.2, 0.25) is 0 Å². The Balaban J connectivity index is 1.82. The van der Waals surface area contributed by atoms with Crippen molar-refractivity contribution >= 4 is 27.5 Å². The molecule has 0 radical (unpaired) electrons. The molecule has 0 saturated carbocycles. The molecule has 3 N–H and O–H groups in total. The molecule has 7 nitrogen and oxygen atoms in total. The zero-order valence-electron chi connectivity index (χ0n) is 13.1. The van der Waals surface area contributed by atoms with Gasteiger partial charge in [0.15, 0.2) is 9.84 Å². The Labute approximate surface area is 135 Å². The molecule has 126 valence electrons. The van der Waals surface area contributed by atoms with Crippen LogP contribution in [0.15, 0.2) is 24.3 Å². The average Bonchev–Trinajstić information content (AvgIpc) is 2.43. The van der Waals surface area contributed by atoms with Gasteiger partial charge in [0.25, 0.3) is 5.91 Å². The van der Waals surface area contributed by atoms with Crippen molar-refractivity contribution in [2.24, 2.45) is 5.92 Å². The largest absolute Gasteiger partial charge is 0.352 e. The number of nitrogens with one attached hydrogen (secondary N) is 3. The number of amides is 3. The highest BCUT2D eigenvalue weighted by molar-refractivity contribution is 7.92. The van der Waals surface area contributed by atoms with E-state index in [9.17, 15) is 18.0 Å². The van der Waals surface area contributed by atoms with Crippen LogP contribution in [0.1, 0.15) is 24.2 Å². The van der Waals surface area contributed by atoms with Crippen molar-refractivity contribution in [3.8, 4) is 0 Å². The second kappa shape index (κ2) is 6.99. The van der Waals surface area contributed by atoms with Gasteiger partial charge in [-0.05, 0) is 30.2 Å². The Kier molecular flexibility index (Phi) is 5.25. The molecule has 2 rings (SSSR count). The summed E-state index contributed by atoms with van der Waals surface area (Å²) >= 11 is 0. The van der Waals surface area contributed by atoms with Crippen LogP contribution in [0.4, 0.5) is 10.5 Å². The van der Waals surface area contributed by atoms with E-state index in [4.69, 9.17) is 0 Å². The van der Waals surface area contributed by atoms with Crippen molar-refractivity contribution in [3.63, 3.8) is 0 Å². The standard InChI is InChI=1S/C15H21N3O4S/c1-10(2)7-16-14(19)11-3-5-12(6-4-11)17-15(20)18-13-8-23(21,22)9-13/h3-6,10,13H,7-9H2,1-2H3,(H,16,19)(H2,17,18,20). The van der Waals surface area contributed by atoms with Crippen LogP contribution < -0.4 is 16.0 Å². The van der Waals surface area contributed by atoms with E-state index in [1.165, 1.54) is 0 Å². The summed E-state index contributed by atoms with van der Waals surface area (Å²) in [6.07, 6.45) is 0. The lowest BCUT2D eigenvalue weighted by Crippen LogP contribution is -2.53. The molecule has 1 fully saturated rings. The maximum absolute atomic E-state index is 11.9. The minimum Gasteiger partial charge on any atom is -0.352 e. The van der Waals surface area contributed by atoms with Crippen molar-refractivity contribution in [3.05, 3.63) is 29.8 Å². The van der Waals surface area contributed by atoms with E-state index in [2.05, 4.69) is 16.0 Å². The quantitative estimate of drug-likeness (QED) is 0.744. The van der Waals surface area contributed by atoms with Crippen LogP contribution in [0.25, 0.3) is 0 Å². The predicted molar refractivity (Wildman–Crippen MR) is 88.2 cm³/mol. The number of hydrogen-bond donors (Lipinski definition) is 3. The highest BCUT2D eigenvalue weighted by Gasteiger charge is 2.34. The molecule has 0 spiro atoms. The third kappa shape index (κ3) is 5.24. The number of benzene rings is 1. The fourth-order valence-electron chi connectivity index (χ4n) is 2.10. The first kappa shape index (κ1) is 17.3. The number of hydrogen-bond acceptors (Lipinski definition) is 4. The first-order chi connectivity index (χ1) is 10.7. The number of urea groups is 1. The second-order valence-electron chi connectivity index (χ2n) is 6.05. The molecular weight excluding hydrogens is 318 g/mol. The lowest BCUT2D eigenvalue weighted by atomic mass is 10.1. The third-order valence-corrected chi connectivity index (χ3v) is 5.14. The fourth-order valence-corrected chi connectivity index (χ4v) is 3.40. The summed E-state index contributed by atoms with van der Waals surface area (Å²) < 4.78 is 22.0. The first-order valence-corrected chi connectivity index (χ1v) is 9.23. The number of anilines is 1. The SMILES string of the molecule is CC(C)CNC(=O)c1ccc(NC(=O)NC2CS(=O)(=O)C2)cc1. The minimum absolute atomic E-state index is 0.0185. The van der Waals surface area contributed by atoms with Gasteiger partial charge < -0.3 is 16.0 Å². The molecular formula is C15H21N3O4S. The van der Waals surface area contributed by atoms with E-state index in [1.54, 1.807) is 24.3 Å². The molecule has 1 saturated heterocycles. The van der Waals surface area contributed by atoms with Crippen LogP contribution in [-0.4, -0.2) is 44.4 Å². The number of sulfone groups is 1. The summed E-state index contributed by atoms with van der Waals surface area (Å²) in [5.41, 5.74) is 1.05. The topological polar surface area (TPSA) is 104 Å². The molecule has 0 bridgehead atoms. The summed E-state index contributed by atoms with van der Waals surface area (Å²) in [4.78, 5) is 23.6. The van der Waals surface area contributed by atoms with E-state index in [0.29, 0.717) is 23.7 Å². The normalized spacial score (nSPS) is 16.5. The zero-order chi connectivity index (χ0) is 17.0. The summed E-state index contributed by atoms with van der Waals surface area (Å²) in [5.74, 6) is 0.179. The molecule has 1 aromatic rings. The molecule has 8 heteroatoms. The van der Waals surface area contributed by atoms with Gasteiger partial charge in [0, 0.05) is 17.8 Å². The van der Waals surface area contributed by atoms with Gasteiger partial charge in [-0.1, -0.05) is 13.8 Å². The summed E-state index contributed by atoms with van der Waals surface area (Å²) in [6, 6.07) is 5.71. The Hall–Kier alpha value is -2.09. The van der Waals surface area contributed by atoms with E-state index in [1.807, 2.05) is 13.8 Å². The molecule has 23 heavy (non-hydrogen) atoms.